The van der Waals surface area contributed by atoms with Gasteiger partial charge in [-0.05, 0) is 12.5 Å². The topological polar surface area (TPSA) is 76.5 Å². The van der Waals surface area contributed by atoms with Crippen molar-refractivity contribution >= 4 is 11.9 Å². The fourth-order valence-electron chi connectivity index (χ4n) is 1.51. The van der Waals surface area contributed by atoms with Gasteiger partial charge in [0.1, 0.15) is 6.61 Å². The van der Waals surface area contributed by atoms with Gasteiger partial charge >= 0.3 is 11.9 Å². The lowest BCUT2D eigenvalue weighted by molar-refractivity contribution is -0.150. The maximum atomic E-state index is 11.6. The lowest BCUT2D eigenvalue weighted by Gasteiger charge is -2.13. The number of carboxylic acid groups (broad SMARTS) is 1. The Labute approximate surface area is 106 Å². The van der Waals surface area contributed by atoms with Crippen molar-refractivity contribution in [1.29, 1.82) is 0 Å². The summed E-state index contributed by atoms with van der Waals surface area (Å²) in [5.41, 5.74) is 0.810. The van der Waals surface area contributed by atoms with Crippen LogP contribution < -0.4 is 0 Å². The molecule has 0 radical (unpaired) electrons. The first-order valence-corrected chi connectivity index (χ1v) is 5.79. The van der Waals surface area contributed by atoms with Crippen LogP contribution in [0.25, 0.3) is 0 Å². The number of carbonyl (C=O) groups is 2. The van der Waals surface area contributed by atoms with Crippen LogP contribution in [0.5, 0.6) is 0 Å². The van der Waals surface area contributed by atoms with Gasteiger partial charge in [-0.3, -0.25) is 14.6 Å². The van der Waals surface area contributed by atoms with E-state index in [1.165, 1.54) is 0 Å². The van der Waals surface area contributed by atoms with Crippen molar-refractivity contribution in [3.05, 3.63) is 30.1 Å². The second-order valence-corrected chi connectivity index (χ2v) is 4.35. The number of aliphatic carboxylic acids is 1. The molecule has 0 aliphatic heterocycles. The molecule has 5 nitrogen and oxygen atoms in total. The highest BCUT2D eigenvalue weighted by Gasteiger charge is 2.21. The minimum absolute atomic E-state index is 0.165. The number of carbonyl (C=O) groups excluding carboxylic acids is 1. The van der Waals surface area contributed by atoms with E-state index in [0.29, 0.717) is 0 Å². The second-order valence-electron chi connectivity index (χ2n) is 4.35. The normalized spacial score (nSPS) is 13.7. The van der Waals surface area contributed by atoms with Crippen LogP contribution in [0.4, 0.5) is 0 Å². The summed E-state index contributed by atoms with van der Waals surface area (Å²) in [5.74, 6) is -2.26. The van der Waals surface area contributed by atoms with E-state index in [9.17, 15) is 9.59 Å². The first kappa shape index (κ1) is 14.2. The number of hydrogen-bond donors (Lipinski definition) is 1. The van der Waals surface area contributed by atoms with Gasteiger partial charge in [-0.25, -0.2) is 0 Å². The third kappa shape index (κ3) is 4.53. The van der Waals surface area contributed by atoms with Gasteiger partial charge in [-0.1, -0.05) is 19.9 Å². The molecule has 98 valence electrons. The van der Waals surface area contributed by atoms with Gasteiger partial charge in [0, 0.05) is 18.0 Å². The highest BCUT2D eigenvalue weighted by molar-refractivity contribution is 5.74. The number of rotatable bonds is 6. The van der Waals surface area contributed by atoms with Gasteiger partial charge in [-0.2, -0.15) is 0 Å². The molecule has 0 aliphatic carbocycles. The van der Waals surface area contributed by atoms with Crippen LogP contribution >= 0.6 is 0 Å². The van der Waals surface area contributed by atoms with Crippen molar-refractivity contribution in [2.24, 2.45) is 11.8 Å². The molecule has 0 spiro atoms. The fourth-order valence-corrected chi connectivity index (χ4v) is 1.51. The SMILES string of the molecule is CC(CC(C)C(=O)OCc1cccnc1)C(=O)O. The zero-order valence-electron chi connectivity index (χ0n) is 10.5. The first-order valence-electron chi connectivity index (χ1n) is 5.79. The molecule has 0 aliphatic rings. The van der Waals surface area contributed by atoms with Crippen molar-refractivity contribution in [2.75, 3.05) is 0 Å². The zero-order valence-corrected chi connectivity index (χ0v) is 10.5. The Balaban J connectivity index is 2.39. The van der Waals surface area contributed by atoms with E-state index in [1.54, 1.807) is 32.3 Å². The molecule has 1 N–H and O–H groups in total. The number of aromatic nitrogens is 1. The Bertz CT molecular complexity index is 405. The molecule has 1 aromatic rings. The molecule has 0 fully saturated rings. The monoisotopic (exact) mass is 251 g/mol. The van der Waals surface area contributed by atoms with Crippen molar-refractivity contribution < 1.29 is 19.4 Å². The maximum absolute atomic E-state index is 11.6. The van der Waals surface area contributed by atoms with Gasteiger partial charge in [0.15, 0.2) is 0 Å². The average molecular weight is 251 g/mol. The van der Waals surface area contributed by atoms with Gasteiger partial charge in [0.2, 0.25) is 0 Å². The highest BCUT2D eigenvalue weighted by atomic mass is 16.5. The van der Waals surface area contributed by atoms with Crippen LogP contribution in [-0.2, 0) is 20.9 Å². The fraction of sp³-hybridized carbons (Fsp3) is 0.462. The molecule has 5 heteroatoms. The van der Waals surface area contributed by atoms with Crippen molar-refractivity contribution in [3.8, 4) is 0 Å². The summed E-state index contributed by atoms with van der Waals surface area (Å²) in [5, 5.41) is 8.76. The molecule has 2 atom stereocenters. The molecule has 0 bridgehead atoms. The van der Waals surface area contributed by atoms with E-state index in [4.69, 9.17) is 9.84 Å². The highest BCUT2D eigenvalue weighted by Crippen LogP contribution is 2.14. The Morgan fingerprint density at radius 2 is 2.11 bits per heavy atom. The molecule has 0 saturated carbocycles. The average Bonchev–Trinajstić information content (AvgIpc) is 2.36. The molecule has 2 unspecified atom stereocenters. The Kier molecular flexibility index (Phi) is 5.30. The summed E-state index contributed by atoms with van der Waals surface area (Å²) < 4.78 is 5.10. The summed E-state index contributed by atoms with van der Waals surface area (Å²) in [4.78, 5) is 26.2. The van der Waals surface area contributed by atoms with Crippen LogP contribution in [0.1, 0.15) is 25.8 Å². The Morgan fingerprint density at radius 3 is 2.67 bits per heavy atom. The number of esters is 1. The standard InChI is InChI=1S/C13H17NO4/c1-9(12(15)16)6-10(2)13(17)18-8-11-4-3-5-14-7-11/h3-5,7,9-10H,6,8H2,1-2H3,(H,15,16). The van der Waals surface area contributed by atoms with E-state index in [1.807, 2.05) is 6.07 Å². The molecule has 1 heterocycles. The number of hydrogen-bond acceptors (Lipinski definition) is 4. The number of carboxylic acids is 1. The maximum Gasteiger partial charge on any atom is 0.309 e. The Morgan fingerprint density at radius 1 is 1.39 bits per heavy atom. The van der Waals surface area contributed by atoms with Gasteiger partial charge in [-0.15, -0.1) is 0 Å². The molecular weight excluding hydrogens is 234 g/mol. The summed E-state index contributed by atoms with van der Waals surface area (Å²) in [7, 11) is 0. The molecular formula is C13H17NO4. The number of ether oxygens (including phenoxy) is 1. The van der Waals surface area contributed by atoms with Crippen LogP contribution in [-0.4, -0.2) is 22.0 Å². The van der Waals surface area contributed by atoms with Crippen LogP contribution in [0.15, 0.2) is 24.5 Å². The quantitative estimate of drug-likeness (QED) is 0.781. The summed E-state index contributed by atoms with van der Waals surface area (Å²) in [6.45, 7) is 3.41. The minimum Gasteiger partial charge on any atom is -0.481 e. The summed E-state index contributed by atoms with van der Waals surface area (Å²) in [6.07, 6.45) is 3.54. The van der Waals surface area contributed by atoms with E-state index < -0.39 is 17.8 Å². The number of pyridine rings is 1. The predicted octanol–water partition coefficient (Wildman–Crippen LogP) is 1.87. The lowest BCUT2D eigenvalue weighted by atomic mass is 9.98. The second kappa shape index (κ2) is 6.74. The number of nitrogens with zero attached hydrogens (tertiary/aromatic N) is 1. The molecule has 1 aromatic heterocycles. The largest absolute Gasteiger partial charge is 0.481 e. The van der Waals surface area contributed by atoms with Crippen LogP contribution in [0.2, 0.25) is 0 Å². The van der Waals surface area contributed by atoms with Crippen molar-refractivity contribution in [1.82, 2.24) is 4.98 Å². The van der Waals surface area contributed by atoms with E-state index in [0.717, 1.165) is 5.56 Å². The van der Waals surface area contributed by atoms with Gasteiger partial charge in [0.25, 0.3) is 0 Å². The molecule has 1 rings (SSSR count). The van der Waals surface area contributed by atoms with E-state index in [-0.39, 0.29) is 19.0 Å². The van der Waals surface area contributed by atoms with E-state index >= 15 is 0 Å². The minimum atomic E-state index is -0.901. The lowest BCUT2D eigenvalue weighted by Crippen LogP contribution is -2.20. The smallest absolute Gasteiger partial charge is 0.309 e. The van der Waals surface area contributed by atoms with E-state index in [2.05, 4.69) is 4.98 Å². The van der Waals surface area contributed by atoms with Crippen LogP contribution in [0.3, 0.4) is 0 Å². The summed E-state index contributed by atoms with van der Waals surface area (Å²) >= 11 is 0. The van der Waals surface area contributed by atoms with Crippen molar-refractivity contribution in [2.45, 2.75) is 26.9 Å². The first-order chi connectivity index (χ1) is 8.50. The van der Waals surface area contributed by atoms with Gasteiger partial charge in [0.05, 0.1) is 11.8 Å². The third-order valence-electron chi connectivity index (χ3n) is 2.63. The molecule has 0 saturated heterocycles. The molecule has 0 aromatic carbocycles. The molecule has 0 amide bonds. The Hall–Kier alpha value is -1.91. The third-order valence-corrected chi connectivity index (χ3v) is 2.63. The summed E-state index contributed by atoms with van der Waals surface area (Å²) in [6, 6.07) is 3.57. The molecule has 18 heavy (non-hydrogen) atoms. The zero-order chi connectivity index (χ0) is 13.5. The predicted molar refractivity (Wildman–Crippen MR) is 64.6 cm³/mol. The van der Waals surface area contributed by atoms with Crippen LogP contribution in [0, 0.1) is 11.8 Å². The van der Waals surface area contributed by atoms with Crippen molar-refractivity contribution in [3.63, 3.8) is 0 Å². The van der Waals surface area contributed by atoms with Gasteiger partial charge < -0.3 is 9.84 Å².